The lowest BCUT2D eigenvalue weighted by molar-refractivity contribution is -0.144. The zero-order valence-electron chi connectivity index (χ0n) is 12.0. The lowest BCUT2D eigenvalue weighted by Gasteiger charge is -2.26. The van der Waals surface area contributed by atoms with Gasteiger partial charge in [0.05, 0.1) is 7.11 Å². The molecule has 0 saturated heterocycles. The van der Waals surface area contributed by atoms with Crippen LogP contribution < -0.4 is 5.32 Å². The Morgan fingerprint density at radius 2 is 2.11 bits per heavy atom. The Bertz CT molecular complexity index is 420. The summed E-state index contributed by atoms with van der Waals surface area (Å²) in [5.41, 5.74) is 0.942. The minimum atomic E-state index is -0.340. The van der Waals surface area contributed by atoms with Crippen LogP contribution in [0.1, 0.15) is 38.8 Å². The van der Waals surface area contributed by atoms with Gasteiger partial charge in [-0.05, 0) is 30.5 Å². The summed E-state index contributed by atoms with van der Waals surface area (Å²) in [6.07, 6.45) is 0.888. The summed E-state index contributed by atoms with van der Waals surface area (Å²) in [5.74, 6) is 0.165. The second-order valence-electron chi connectivity index (χ2n) is 4.87. The van der Waals surface area contributed by atoms with Gasteiger partial charge in [0.1, 0.15) is 11.8 Å². The molecule has 106 valence electrons. The van der Waals surface area contributed by atoms with Crippen LogP contribution in [0.25, 0.3) is 0 Å². The van der Waals surface area contributed by atoms with Gasteiger partial charge in [0.25, 0.3) is 0 Å². The Morgan fingerprint density at radius 3 is 2.63 bits per heavy atom. The predicted molar refractivity (Wildman–Crippen MR) is 74.9 cm³/mol. The summed E-state index contributed by atoms with van der Waals surface area (Å²) in [4.78, 5) is 11.8. The number of hydrogen-bond donors (Lipinski definition) is 2. The summed E-state index contributed by atoms with van der Waals surface area (Å²) in [6, 6.07) is 6.66. The molecule has 1 aromatic carbocycles. The average molecular weight is 265 g/mol. The number of benzene rings is 1. The third kappa shape index (κ3) is 4.24. The smallest absolute Gasteiger partial charge is 0.323 e. The molecule has 1 aromatic rings. The van der Waals surface area contributed by atoms with Crippen LogP contribution >= 0.6 is 0 Å². The monoisotopic (exact) mass is 265 g/mol. The molecular weight excluding hydrogens is 242 g/mol. The molecule has 0 bridgehead atoms. The van der Waals surface area contributed by atoms with Gasteiger partial charge in [0.2, 0.25) is 0 Å². The summed E-state index contributed by atoms with van der Waals surface area (Å²) in [6.45, 7) is 6.03. The Hall–Kier alpha value is -1.55. The van der Waals surface area contributed by atoms with Crippen LogP contribution in [0.2, 0.25) is 0 Å². The van der Waals surface area contributed by atoms with Crippen molar-refractivity contribution in [3.63, 3.8) is 0 Å². The van der Waals surface area contributed by atoms with Crippen molar-refractivity contribution < 1.29 is 14.6 Å². The minimum absolute atomic E-state index is 0.0369. The fourth-order valence-electron chi connectivity index (χ4n) is 1.99. The zero-order valence-corrected chi connectivity index (χ0v) is 12.0. The zero-order chi connectivity index (χ0) is 14.4. The Labute approximate surface area is 114 Å². The quantitative estimate of drug-likeness (QED) is 0.776. The van der Waals surface area contributed by atoms with Crippen molar-refractivity contribution in [3.05, 3.63) is 29.8 Å². The number of rotatable bonds is 6. The number of phenolic OH excluding ortho intramolecular Hbond substituents is 1. The van der Waals surface area contributed by atoms with Crippen molar-refractivity contribution in [2.24, 2.45) is 5.92 Å². The first kappa shape index (κ1) is 15.5. The third-order valence-electron chi connectivity index (χ3n) is 3.47. The van der Waals surface area contributed by atoms with Gasteiger partial charge >= 0.3 is 5.97 Å². The number of carbonyl (C=O) groups is 1. The molecular formula is C15H23NO3. The molecule has 0 saturated carbocycles. The van der Waals surface area contributed by atoms with Gasteiger partial charge in [-0.15, -0.1) is 0 Å². The highest BCUT2D eigenvalue weighted by Gasteiger charge is 2.26. The molecule has 0 spiro atoms. The number of nitrogens with one attached hydrogen (secondary N) is 1. The maximum absolute atomic E-state index is 11.8. The number of ether oxygens (including phenoxy) is 1. The molecule has 3 atom stereocenters. The first-order valence-electron chi connectivity index (χ1n) is 6.62. The van der Waals surface area contributed by atoms with Crippen LogP contribution in [0.4, 0.5) is 0 Å². The molecule has 0 aliphatic rings. The van der Waals surface area contributed by atoms with Gasteiger partial charge in [0, 0.05) is 6.04 Å². The van der Waals surface area contributed by atoms with Gasteiger partial charge in [-0.25, -0.2) is 0 Å². The van der Waals surface area contributed by atoms with E-state index in [2.05, 4.69) is 5.32 Å². The highest BCUT2D eigenvalue weighted by molar-refractivity contribution is 5.76. The maximum atomic E-state index is 11.8. The molecule has 0 heterocycles. The van der Waals surface area contributed by atoms with Crippen molar-refractivity contribution in [2.75, 3.05) is 7.11 Å². The molecule has 2 N–H and O–H groups in total. The van der Waals surface area contributed by atoms with Gasteiger partial charge in [-0.3, -0.25) is 10.1 Å². The molecule has 3 unspecified atom stereocenters. The molecule has 0 amide bonds. The van der Waals surface area contributed by atoms with Crippen LogP contribution in [-0.2, 0) is 9.53 Å². The number of phenols is 1. The van der Waals surface area contributed by atoms with Crippen molar-refractivity contribution in [2.45, 2.75) is 39.3 Å². The molecule has 0 aliphatic heterocycles. The van der Waals surface area contributed by atoms with Crippen molar-refractivity contribution in [1.29, 1.82) is 0 Å². The van der Waals surface area contributed by atoms with E-state index >= 15 is 0 Å². The highest BCUT2D eigenvalue weighted by atomic mass is 16.5. The average Bonchev–Trinajstić information content (AvgIpc) is 2.42. The van der Waals surface area contributed by atoms with Gasteiger partial charge in [-0.1, -0.05) is 32.4 Å². The molecule has 1 rings (SSSR count). The number of carbonyl (C=O) groups excluding carboxylic acids is 1. The number of aromatic hydroxyl groups is 1. The topological polar surface area (TPSA) is 58.6 Å². The highest BCUT2D eigenvalue weighted by Crippen LogP contribution is 2.20. The van der Waals surface area contributed by atoms with Crippen LogP contribution in [-0.4, -0.2) is 24.2 Å². The van der Waals surface area contributed by atoms with E-state index in [4.69, 9.17) is 4.74 Å². The van der Waals surface area contributed by atoms with Gasteiger partial charge < -0.3 is 9.84 Å². The van der Waals surface area contributed by atoms with Gasteiger partial charge in [-0.2, -0.15) is 0 Å². The van der Waals surface area contributed by atoms with Crippen LogP contribution in [0, 0.1) is 5.92 Å². The van der Waals surface area contributed by atoms with Crippen LogP contribution in [0.5, 0.6) is 5.75 Å². The molecule has 0 aromatic heterocycles. The Kier molecular flexibility index (Phi) is 5.83. The number of hydrogen-bond acceptors (Lipinski definition) is 4. The van der Waals surface area contributed by atoms with Crippen molar-refractivity contribution in [1.82, 2.24) is 5.32 Å². The maximum Gasteiger partial charge on any atom is 0.323 e. The summed E-state index contributed by atoms with van der Waals surface area (Å²) >= 11 is 0. The van der Waals surface area contributed by atoms with E-state index < -0.39 is 0 Å². The molecule has 4 nitrogen and oxygen atoms in total. The number of esters is 1. The van der Waals surface area contributed by atoms with E-state index in [1.807, 2.05) is 26.8 Å². The van der Waals surface area contributed by atoms with E-state index in [1.165, 1.54) is 7.11 Å². The number of methoxy groups -OCH3 is 1. The second-order valence-corrected chi connectivity index (χ2v) is 4.87. The second kappa shape index (κ2) is 7.14. The SMILES string of the molecule is CCC(C)C(NC(C)c1cccc(O)c1)C(=O)OC. The first-order valence-corrected chi connectivity index (χ1v) is 6.62. The summed E-state index contributed by atoms with van der Waals surface area (Å²) in [5, 5.41) is 12.8. The minimum Gasteiger partial charge on any atom is -0.508 e. The summed E-state index contributed by atoms with van der Waals surface area (Å²) in [7, 11) is 1.40. The molecule has 0 aliphatic carbocycles. The van der Waals surface area contributed by atoms with Crippen molar-refractivity contribution >= 4 is 5.97 Å². The lowest BCUT2D eigenvalue weighted by Crippen LogP contribution is -2.43. The Balaban J connectivity index is 2.81. The molecule has 4 heteroatoms. The van der Waals surface area contributed by atoms with E-state index in [0.29, 0.717) is 0 Å². The standard InChI is InChI=1S/C15H23NO3/c1-5-10(2)14(15(18)19-4)16-11(3)12-7-6-8-13(17)9-12/h6-11,14,16-17H,5H2,1-4H3. The fourth-order valence-corrected chi connectivity index (χ4v) is 1.99. The summed E-state index contributed by atoms with van der Waals surface area (Å²) < 4.78 is 4.84. The third-order valence-corrected chi connectivity index (χ3v) is 3.47. The normalized spacial score (nSPS) is 15.6. The van der Waals surface area contributed by atoms with Crippen LogP contribution in [0.3, 0.4) is 0 Å². The van der Waals surface area contributed by atoms with Gasteiger partial charge in [0.15, 0.2) is 0 Å². The first-order chi connectivity index (χ1) is 8.99. The van der Waals surface area contributed by atoms with Crippen molar-refractivity contribution in [3.8, 4) is 5.75 Å². The van der Waals surface area contributed by atoms with E-state index in [9.17, 15) is 9.90 Å². The van der Waals surface area contributed by atoms with E-state index in [1.54, 1.807) is 18.2 Å². The molecule has 19 heavy (non-hydrogen) atoms. The van der Waals surface area contributed by atoms with E-state index in [-0.39, 0.29) is 29.7 Å². The van der Waals surface area contributed by atoms with Crippen LogP contribution in [0.15, 0.2) is 24.3 Å². The molecule has 0 radical (unpaired) electrons. The largest absolute Gasteiger partial charge is 0.508 e. The predicted octanol–water partition coefficient (Wildman–Crippen LogP) is 2.63. The van der Waals surface area contributed by atoms with E-state index in [0.717, 1.165) is 12.0 Å². The fraction of sp³-hybridized carbons (Fsp3) is 0.533. The lowest BCUT2D eigenvalue weighted by atomic mass is 9.97. The Morgan fingerprint density at radius 1 is 1.42 bits per heavy atom. The molecule has 0 fully saturated rings.